The number of ether oxygens (including phenoxy) is 6. The Balaban J connectivity index is 2.06. The van der Waals surface area contributed by atoms with Crippen LogP contribution >= 0.6 is 11.8 Å². The predicted octanol–water partition coefficient (Wildman–Crippen LogP) is 4.56. The molecule has 0 amide bonds. The molecule has 8 atom stereocenters. The molecule has 2 fully saturated rings. The Hall–Kier alpha value is -2.63. The van der Waals surface area contributed by atoms with Gasteiger partial charge in [0.1, 0.15) is 12.7 Å². The molecule has 2 aliphatic rings. The molecule has 1 aliphatic heterocycles. The van der Waals surface area contributed by atoms with Gasteiger partial charge in [0.15, 0.2) is 24.6 Å². The van der Waals surface area contributed by atoms with E-state index in [9.17, 15) is 19.2 Å². The van der Waals surface area contributed by atoms with Crippen LogP contribution in [0, 0.1) is 17.3 Å². The fourth-order valence-electron chi connectivity index (χ4n) is 5.58. The summed E-state index contributed by atoms with van der Waals surface area (Å²) in [4.78, 5) is 47.3. The molecule has 0 aromatic rings. The molecule has 1 saturated carbocycles. The Morgan fingerprint density at radius 2 is 1.52 bits per heavy atom. The van der Waals surface area contributed by atoms with Crippen molar-refractivity contribution >= 4 is 35.6 Å². The minimum atomic E-state index is -1.25. The minimum absolute atomic E-state index is 0.0494. The zero-order valence-electron chi connectivity index (χ0n) is 25.7. The lowest BCUT2D eigenvalue weighted by Gasteiger charge is -2.44. The molecule has 0 aromatic carbocycles. The van der Waals surface area contributed by atoms with E-state index in [2.05, 4.69) is 39.7 Å². The number of carbonyl (C=O) groups excluding carboxylic acids is 4. The molecule has 42 heavy (non-hydrogen) atoms. The van der Waals surface area contributed by atoms with Crippen molar-refractivity contribution in [2.75, 3.05) is 24.7 Å². The summed E-state index contributed by atoms with van der Waals surface area (Å²) in [7, 11) is 0. The van der Waals surface area contributed by atoms with Crippen LogP contribution in [-0.4, -0.2) is 79.3 Å². The Bertz CT molecular complexity index is 1030. The number of hydrogen-bond acceptors (Lipinski definition) is 11. The first kappa shape index (κ1) is 35.6. The van der Waals surface area contributed by atoms with Crippen molar-refractivity contribution in [3.8, 4) is 0 Å². The van der Waals surface area contributed by atoms with Crippen molar-refractivity contribution in [3.05, 3.63) is 37.0 Å². The summed E-state index contributed by atoms with van der Waals surface area (Å²) >= 11 is 1.65. The molecule has 1 heterocycles. The van der Waals surface area contributed by atoms with E-state index in [1.165, 1.54) is 38.8 Å². The molecule has 0 spiro atoms. The van der Waals surface area contributed by atoms with E-state index < -0.39 is 54.6 Å². The third-order valence-corrected chi connectivity index (χ3v) is 8.76. The van der Waals surface area contributed by atoms with Gasteiger partial charge in [0.25, 0.3) is 0 Å². The Morgan fingerprint density at radius 3 is 2.07 bits per heavy atom. The van der Waals surface area contributed by atoms with Gasteiger partial charge < -0.3 is 28.4 Å². The summed E-state index contributed by atoms with van der Waals surface area (Å²) in [5, 5.41) is 0. The third-order valence-electron chi connectivity index (χ3n) is 7.73. The summed E-state index contributed by atoms with van der Waals surface area (Å²) in [5.74, 6) is -0.551. The zero-order chi connectivity index (χ0) is 31.6. The highest BCUT2D eigenvalue weighted by atomic mass is 32.2. The first-order valence-corrected chi connectivity index (χ1v) is 15.3. The summed E-state index contributed by atoms with van der Waals surface area (Å²) in [6.07, 6.45) is -0.777. The maximum atomic E-state index is 12.0. The van der Waals surface area contributed by atoms with Gasteiger partial charge in [0.05, 0.1) is 6.61 Å². The lowest BCUT2D eigenvalue weighted by Crippen LogP contribution is -2.63. The summed E-state index contributed by atoms with van der Waals surface area (Å²) in [6, 6.07) is 0. The van der Waals surface area contributed by atoms with Crippen LogP contribution in [0.1, 0.15) is 60.8 Å². The topological polar surface area (TPSA) is 124 Å². The lowest BCUT2D eigenvalue weighted by atomic mass is 9.61. The average Bonchev–Trinajstić information content (AvgIpc) is 2.89. The highest BCUT2D eigenvalue weighted by Crippen LogP contribution is 2.49. The van der Waals surface area contributed by atoms with Crippen LogP contribution in [0.15, 0.2) is 37.0 Å². The maximum Gasteiger partial charge on any atom is 0.303 e. The fraction of sp³-hybridized carbons (Fsp3) is 0.677. The Morgan fingerprint density at radius 1 is 0.929 bits per heavy atom. The van der Waals surface area contributed by atoms with Crippen molar-refractivity contribution in [1.82, 2.24) is 0 Å². The van der Waals surface area contributed by atoms with E-state index in [0.717, 1.165) is 25.0 Å². The van der Waals surface area contributed by atoms with Crippen LogP contribution in [0.2, 0.25) is 0 Å². The summed E-state index contributed by atoms with van der Waals surface area (Å²) in [6.45, 7) is 21.6. The molecular weight excluding hydrogens is 564 g/mol. The van der Waals surface area contributed by atoms with Crippen molar-refractivity contribution in [2.24, 2.45) is 17.3 Å². The van der Waals surface area contributed by atoms with Gasteiger partial charge in [-0.1, -0.05) is 37.3 Å². The van der Waals surface area contributed by atoms with Crippen LogP contribution in [-0.2, 0) is 47.6 Å². The van der Waals surface area contributed by atoms with Crippen LogP contribution < -0.4 is 0 Å². The smallest absolute Gasteiger partial charge is 0.303 e. The van der Waals surface area contributed by atoms with Crippen molar-refractivity contribution in [1.29, 1.82) is 0 Å². The molecule has 0 radical (unpaired) electrons. The average molecular weight is 611 g/mol. The summed E-state index contributed by atoms with van der Waals surface area (Å²) in [5.41, 5.74) is 2.39. The largest absolute Gasteiger partial charge is 0.463 e. The molecular formula is C31H46O10S. The molecule has 10 nitrogen and oxygen atoms in total. The minimum Gasteiger partial charge on any atom is -0.463 e. The normalized spacial score (nSPS) is 30.9. The first-order chi connectivity index (χ1) is 19.7. The SMILES string of the molecule is C=C[C@]1(C)CC[C@@H](C(=C)CSCCO[C@@H]2O[C@H](COC(C)=O)[C@@H](OC(C)=O)[C@H](OC(C)=O)[C@H]2OC(C)=O)C[C@H]1C(=C)C. The quantitative estimate of drug-likeness (QED) is 0.119. The summed E-state index contributed by atoms with van der Waals surface area (Å²) < 4.78 is 33.3. The number of allylic oxidation sites excluding steroid dienone is 2. The number of hydrogen-bond donors (Lipinski definition) is 0. The van der Waals surface area contributed by atoms with E-state index in [-0.39, 0.29) is 18.6 Å². The van der Waals surface area contributed by atoms with Crippen LogP contribution in [0.3, 0.4) is 0 Å². The van der Waals surface area contributed by atoms with E-state index in [1.54, 1.807) is 11.8 Å². The molecule has 0 unspecified atom stereocenters. The highest BCUT2D eigenvalue weighted by Gasteiger charge is 2.52. The predicted molar refractivity (Wildman–Crippen MR) is 158 cm³/mol. The highest BCUT2D eigenvalue weighted by molar-refractivity contribution is 7.99. The lowest BCUT2D eigenvalue weighted by molar-refractivity contribution is -0.307. The van der Waals surface area contributed by atoms with E-state index in [4.69, 9.17) is 28.4 Å². The van der Waals surface area contributed by atoms with Gasteiger partial charge in [0, 0.05) is 39.2 Å². The van der Waals surface area contributed by atoms with E-state index in [1.807, 2.05) is 0 Å². The second-order valence-electron chi connectivity index (χ2n) is 11.2. The second kappa shape index (κ2) is 16.3. The van der Waals surface area contributed by atoms with E-state index >= 15 is 0 Å². The molecule has 1 aliphatic carbocycles. The van der Waals surface area contributed by atoms with E-state index in [0.29, 0.717) is 17.6 Å². The monoisotopic (exact) mass is 610 g/mol. The Kier molecular flexibility index (Phi) is 13.8. The molecule has 2 rings (SSSR count). The number of esters is 4. The number of thioether (sulfide) groups is 1. The van der Waals surface area contributed by atoms with Gasteiger partial charge >= 0.3 is 23.9 Å². The first-order valence-electron chi connectivity index (χ1n) is 14.1. The zero-order valence-corrected chi connectivity index (χ0v) is 26.5. The van der Waals surface area contributed by atoms with Crippen molar-refractivity contribution in [2.45, 2.75) is 91.5 Å². The van der Waals surface area contributed by atoms with Crippen LogP contribution in [0.25, 0.3) is 0 Å². The van der Waals surface area contributed by atoms with Crippen LogP contribution in [0.4, 0.5) is 0 Å². The second-order valence-corrected chi connectivity index (χ2v) is 12.3. The molecule has 236 valence electrons. The fourth-order valence-corrected chi connectivity index (χ4v) is 6.43. The van der Waals surface area contributed by atoms with Gasteiger partial charge in [0.2, 0.25) is 0 Å². The van der Waals surface area contributed by atoms with Gasteiger partial charge in [-0.15, -0.1) is 6.58 Å². The number of carbonyl (C=O) groups is 4. The Labute approximate surface area is 253 Å². The van der Waals surface area contributed by atoms with Gasteiger partial charge in [-0.3, -0.25) is 19.2 Å². The van der Waals surface area contributed by atoms with Crippen molar-refractivity contribution < 1.29 is 47.6 Å². The molecule has 0 N–H and O–H groups in total. The molecule has 1 saturated heterocycles. The van der Waals surface area contributed by atoms with Gasteiger partial charge in [-0.05, 0) is 43.4 Å². The van der Waals surface area contributed by atoms with Gasteiger partial charge in [-0.2, -0.15) is 11.8 Å². The molecule has 0 bridgehead atoms. The standard InChI is InChI=1S/C31H46O10S/c1-10-31(9)12-11-24(15-25(31)18(2)3)19(4)17-42-14-13-36-30-29(40-23(8)35)28(39-22(7)34)27(38-21(6)33)26(41-30)16-37-20(5)32/h10,24-30H,1-2,4,11-17H2,3,5-9H3/t24-,25+,26-,27-,28+,29-,30-,31-/m1/s1. The van der Waals surface area contributed by atoms with Crippen LogP contribution in [0.5, 0.6) is 0 Å². The maximum absolute atomic E-state index is 12.0. The van der Waals surface area contributed by atoms with Gasteiger partial charge in [-0.25, -0.2) is 0 Å². The molecule has 0 aromatic heterocycles. The van der Waals surface area contributed by atoms with Crippen molar-refractivity contribution in [3.63, 3.8) is 0 Å². The molecule has 11 heteroatoms. The number of rotatable bonds is 14. The third kappa shape index (κ3) is 10.3.